The van der Waals surface area contributed by atoms with Crippen LogP contribution in [0.1, 0.15) is 12.5 Å². The lowest BCUT2D eigenvalue weighted by Crippen LogP contribution is -2.10. The van der Waals surface area contributed by atoms with Gasteiger partial charge in [-0.1, -0.05) is 18.2 Å². The summed E-state index contributed by atoms with van der Waals surface area (Å²) in [7, 11) is 3.11. The number of carbonyl (C=O) groups is 2. The molecule has 0 radical (unpaired) electrons. The number of rotatable bonds is 7. The molecule has 4 rings (SSSR count). The lowest BCUT2D eigenvalue weighted by molar-refractivity contribution is -0.131. The number of nitrogens with zero attached hydrogens (tertiary/aromatic N) is 3. The van der Waals surface area contributed by atoms with E-state index in [0.29, 0.717) is 45.8 Å². The summed E-state index contributed by atoms with van der Waals surface area (Å²) < 4.78 is 12.4. The molecule has 2 N–H and O–H groups in total. The maximum Gasteiger partial charge on any atom is 0.343 e. The van der Waals surface area contributed by atoms with Gasteiger partial charge in [-0.3, -0.25) is 4.79 Å². The predicted molar refractivity (Wildman–Crippen MR) is 120 cm³/mol. The van der Waals surface area contributed by atoms with E-state index in [2.05, 4.69) is 15.5 Å². The molecule has 0 saturated carbocycles. The minimum Gasteiger partial charge on any atom is -0.497 e. The van der Waals surface area contributed by atoms with Crippen LogP contribution in [0.2, 0.25) is 0 Å². The number of ether oxygens (including phenoxy) is 2. The third-order valence-corrected chi connectivity index (χ3v) is 6.00. The quantitative estimate of drug-likeness (QED) is 0.413. The number of aromatic nitrogens is 3. The number of nitrogens with one attached hydrogen (secondary N) is 1. The highest BCUT2D eigenvalue weighted by atomic mass is 32.2. The largest absolute Gasteiger partial charge is 0.497 e. The second-order valence-corrected chi connectivity index (χ2v) is 7.74. The van der Waals surface area contributed by atoms with Gasteiger partial charge in [0.25, 0.3) is 5.91 Å². The summed E-state index contributed by atoms with van der Waals surface area (Å²) in [6.07, 6.45) is 0. The Balaban J connectivity index is 1.80. The molecule has 1 aliphatic heterocycles. The number of thioether (sulfide) groups is 1. The first-order valence-electron chi connectivity index (χ1n) is 9.69. The van der Waals surface area contributed by atoms with Gasteiger partial charge in [0.2, 0.25) is 0 Å². The summed E-state index contributed by atoms with van der Waals surface area (Å²) in [4.78, 5) is 24.6. The zero-order valence-electron chi connectivity index (χ0n) is 17.6. The number of anilines is 1. The van der Waals surface area contributed by atoms with Crippen LogP contribution in [0.3, 0.4) is 0 Å². The average Bonchev–Trinajstić information content (AvgIpc) is 3.36. The van der Waals surface area contributed by atoms with E-state index >= 15 is 0 Å². The average molecular weight is 452 g/mol. The zero-order valence-corrected chi connectivity index (χ0v) is 18.4. The monoisotopic (exact) mass is 452 g/mol. The first-order chi connectivity index (χ1) is 15.5. The molecule has 2 heterocycles. The maximum atomic E-state index is 12.6. The van der Waals surface area contributed by atoms with Gasteiger partial charge < -0.3 is 24.5 Å². The number of amides is 1. The number of methoxy groups -OCH3 is 2. The van der Waals surface area contributed by atoms with Crippen LogP contribution in [0, 0.1) is 0 Å². The highest BCUT2D eigenvalue weighted by Gasteiger charge is 2.31. The Bertz CT molecular complexity index is 1230. The van der Waals surface area contributed by atoms with Gasteiger partial charge in [-0.15, -0.1) is 10.2 Å². The minimum absolute atomic E-state index is 0.105. The van der Waals surface area contributed by atoms with Crippen LogP contribution in [-0.2, 0) is 16.1 Å². The molecule has 2 aromatic carbocycles. The number of hydrogen-bond acceptors (Lipinski definition) is 7. The standard InChI is InChI=1S/C22H20N4O5S/c1-4-26-19(12-9-13(30-2)11-14(10-12)31-3)24-25-22(26)32-18(21(28)29)17-15-7-5-6-8-16(15)23-20(17)27/h5-11H,4H2,1-3H3,(H,23,27)(H,28,29)/b18-17+. The molecule has 1 amide bonds. The number of para-hydroxylation sites is 1. The van der Waals surface area contributed by atoms with E-state index in [1.807, 2.05) is 6.92 Å². The van der Waals surface area contributed by atoms with E-state index in [-0.39, 0.29) is 10.5 Å². The smallest absolute Gasteiger partial charge is 0.343 e. The van der Waals surface area contributed by atoms with Crippen LogP contribution in [0.15, 0.2) is 52.5 Å². The van der Waals surface area contributed by atoms with Crippen LogP contribution >= 0.6 is 11.8 Å². The van der Waals surface area contributed by atoms with Crippen molar-refractivity contribution in [2.45, 2.75) is 18.6 Å². The number of aliphatic carboxylic acids is 1. The van der Waals surface area contributed by atoms with Crippen molar-refractivity contribution in [3.63, 3.8) is 0 Å². The Morgan fingerprint density at radius 3 is 2.44 bits per heavy atom. The lowest BCUT2D eigenvalue weighted by Gasteiger charge is -2.11. The third kappa shape index (κ3) is 3.80. The van der Waals surface area contributed by atoms with Crippen molar-refractivity contribution in [2.75, 3.05) is 19.5 Å². The molecule has 10 heteroatoms. The van der Waals surface area contributed by atoms with Crippen molar-refractivity contribution in [1.29, 1.82) is 0 Å². The molecule has 0 spiro atoms. The number of fused-ring (bicyclic) bond motifs is 1. The van der Waals surface area contributed by atoms with Crippen molar-refractivity contribution in [2.24, 2.45) is 0 Å². The third-order valence-electron chi connectivity index (χ3n) is 4.93. The fourth-order valence-electron chi connectivity index (χ4n) is 3.43. The Labute approximate surface area is 188 Å². The summed E-state index contributed by atoms with van der Waals surface area (Å²) in [6.45, 7) is 2.38. The highest BCUT2D eigenvalue weighted by Crippen LogP contribution is 2.40. The fraction of sp³-hybridized carbons (Fsp3) is 0.182. The van der Waals surface area contributed by atoms with E-state index in [1.165, 1.54) is 0 Å². The summed E-state index contributed by atoms with van der Waals surface area (Å²) in [5.74, 6) is 0.0281. The van der Waals surface area contributed by atoms with Crippen LogP contribution in [0.4, 0.5) is 5.69 Å². The van der Waals surface area contributed by atoms with Crippen molar-refractivity contribution < 1.29 is 24.2 Å². The van der Waals surface area contributed by atoms with E-state index in [0.717, 1.165) is 11.8 Å². The predicted octanol–water partition coefficient (Wildman–Crippen LogP) is 3.52. The van der Waals surface area contributed by atoms with Gasteiger partial charge in [-0.05, 0) is 36.9 Å². The van der Waals surface area contributed by atoms with Crippen LogP contribution in [-0.4, -0.2) is 46.0 Å². The molecular weight excluding hydrogens is 432 g/mol. The Hall–Kier alpha value is -3.79. The maximum absolute atomic E-state index is 12.6. The summed E-state index contributed by atoms with van der Waals surface area (Å²) in [6, 6.07) is 12.3. The van der Waals surface area contributed by atoms with Gasteiger partial charge in [0, 0.05) is 29.4 Å². The molecule has 1 aromatic heterocycles. The van der Waals surface area contributed by atoms with Crippen molar-refractivity contribution >= 4 is 34.9 Å². The SMILES string of the molecule is CCn1c(S/C(C(=O)O)=C2/C(=O)Nc3ccccc32)nnc1-c1cc(OC)cc(OC)c1. The van der Waals surface area contributed by atoms with Crippen LogP contribution in [0.25, 0.3) is 17.0 Å². The Kier molecular flexibility index (Phi) is 5.87. The van der Waals surface area contributed by atoms with Crippen LogP contribution < -0.4 is 14.8 Å². The van der Waals surface area contributed by atoms with Crippen molar-refractivity contribution in [1.82, 2.24) is 14.8 Å². The van der Waals surface area contributed by atoms with Gasteiger partial charge in [0.05, 0.1) is 19.8 Å². The van der Waals surface area contributed by atoms with Gasteiger partial charge in [0.1, 0.15) is 16.4 Å². The van der Waals surface area contributed by atoms with Crippen LogP contribution in [0.5, 0.6) is 11.5 Å². The lowest BCUT2D eigenvalue weighted by atomic mass is 10.1. The summed E-state index contributed by atoms with van der Waals surface area (Å²) >= 11 is 0.894. The number of carboxylic acids is 1. The molecule has 0 fully saturated rings. The Morgan fingerprint density at radius 1 is 1.12 bits per heavy atom. The Morgan fingerprint density at radius 2 is 1.81 bits per heavy atom. The fourth-order valence-corrected chi connectivity index (χ4v) is 4.42. The summed E-state index contributed by atoms with van der Waals surface area (Å²) in [5, 5.41) is 21.5. The number of carboxylic acid groups (broad SMARTS) is 1. The molecule has 32 heavy (non-hydrogen) atoms. The normalized spacial score (nSPS) is 14.0. The molecule has 0 unspecified atom stereocenters. The summed E-state index contributed by atoms with van der Waals surface area (Å²) in [5.41, 5.74) is 1.93. The van der Waals surface area contributed by atoms with Gasteiger partial charge >= 0.3 is 5.97 Å². The van der Waals surface area contributed by atoms with Gasteiger partial charge in [-0.25, -0.2) is 4.79 Å². The zero-order chi connectivity index (χ0) is 22.8. The highest BCUT2D eigenvalue weighted by molar-refractivity contribution is 8.04. The molecule has 1 aliphatic rings. The van der Waals surface area contributed by atoms with E-state index < -0.39 is 11.9 Å². The minimum atomic E-state index is -1.22. The van der Waals surface area contributed by atoms with Crippen molar-refractivity contribution in [3.8, 4) is 22.9 Å². The molecule has 0 saturated heterocycles. The molecule has 0 atom stereocenters. The van der Waals surface area contributed by atoms with E-state index in [1.54, 1.807) is 61.3 Å². The second kappa shape index (κ2) is 8.75. The number of carbonyl (C=O) groups excluding carboxylic acids is 1. The van der Waals surface area contributed by atoms with Crippen molar-refractivity contribution in [3.05, 3.63) is 52.9 Å². The molecule has 0 aliphatic carbocycles. The second-order valence-electron chi connectivity index (χ2n) is 6.76. The molecule has 3 aromatic rings. The van der Waals surface area contributed by atoms with E-state index in [9.17, 15) is 14.7 Å². The number of benzene rings is 2. The topological polar surface area (TPSA) is 116 Å². The molecule has 164 valence electrons. The molecule has 9 nitrogen and oxygen atoms in total. The first-order valence-corrected chi connectivity index (χ1v) is 10.5. The van der Waals surface area contributed by atoms with E-state index in [4.69, 9.17) is 9.47 Å². The van der Waals surface area contributed by atoms with Gasteiger partial charge in [0.15, 0.2) is 11.0 Å². The molecule has 0 bridgehead atoms. The molecular formula is C22H20N4O5S. The first kappa shape index (κ1) is 21.4. The van der Waals surface area contributed by atoms with Gasteiger partial charge in [-0.2, -0.15) is 0 Å². The number of hydrogen-bond donors (Lipinski definition) is 2.